The Morgan fingerprint density at radius 3 is 2.85 bits per heavy atom. The molecule has 0 amide bonds. The third-order valence-corrected chi connectivity index (χ3v) is 3.20. The highest BCUT2D eigenvalue weighted by Gasteiger charge is 2.06. The second kappa shape index (κ2) is 4.96. The highest BCUT2D eigenvalue weighted by atomic mass is 19.1. The molecule has 0 bridgehead atoms. The summed E-state index contributed by atoms with van der Waals surface area (Å²) in [4.78, 5) is 7.06. The van der Waals surface area contributed by atoms with Crippen molar-refractivity contribution in [1.29, 1.82) is 0 Å². The Balaban J connectivity index is 1.85. The number of hydrogen-bond acceptors (Lipinski definition) is 2. The van der Waals surface area contributed by atoms with Gasteiger partial charge in [-0.05, 0) is 43.7 Å². The number of hydrogen-bond donors (Lipinski definition) is 1. The van der Waals surface area contributed by atoms with Gasteiger partial charge in [-0.25, -0.2) is 4.98 Å². The van der Waals surface area contributed by atoms with Gasteiger partial charge in [-0.2, -0.15) is 4.39 Å². The zero-order chi connectivity index (χ0) is 14.1. The monoisotopic (exact) mass is 270 g/mol. The Labute approximate surface area is 116 Å². The normalized spacial score (nSPS) is 10.9. The lowest BCUT2D eigenvalue weighted by atomic mass is 10.1. The molecule has 1 aromatic carbocycles. The fourth-order valence-corrected chi connectivity index (χ4v) is 2.26. The van der Waals surface area contributed by atoms with E-state index in [1.165, 1.54) is 6.07 Å². The van der Waals surface area contributed by atoms with Crippen molar-refractivity contribution in [3.63, 3.8) is 0 Å². The minimum atomic E-state index is -0.488. The predicted octanol–water partition coefficient (Wildman–Crippen LogP) is 3.90. The molecule has 3 nitrogen and oxygen atoms in total. The van der Waals surface area contributed by atoms with Gasteiger partial charge in [0.1, 0.15) is 12.4 Å². The average Bonchev–Trinajstić information content (AvgIpc) is 2.75. The Bertz CT molecular complexity index is 764. The predicted molar refractivity (Wildman–Crippen MR) is 76.3 cm³/mol. The van der Waals surface area contributed by atoms with Crippen LogP contribution in [0.2, 0.25) is 0 Å². The smallest absolute Gasteiger partial charge is 0.213 e. The van der Waals surface area contributed by atoms with Gasteiger partial charge in [-0.15, -0.1) is 0 Å². The standard InChI is InChI=1S/C16H15FN2O/c1-10-6-12-7-11(2)18-14(12)8-15(10)20-9-13-4-3-5-16(17)19-13/h3-8,18H,9H2,1-2H3. The van der Waals surface area contributed by atoms with E-state index in [9.17, 15) is 4.39 Å². The van der Waals surface area contributed by atoms with E-state index >= 15 is 0 Å². The number of fused-ring (bicyclic) bond motifs is 1. The lowest BCUT2D eigenvalue weighted by Crippen LogP contribution is -2.00. The van der Waals surface area contributed by atoms with Crippen molar-refractivity contribution in [1.82, 2.24) is 9.97 Å². The van der Waals surface area contributed by atoms with E-state index in [0.717, 1.165) is 27.9 Å². The number of H-pyrrole nitrogens is 1. The lowest BCUT2D eigenvalue weighted by Gasteiger charge is -2.09. The third-order valence-electron chi connectivity index (χ3n) is 3.20. The van der Waals surface area contributed by atoms with Crippen LogP contribution in [0.5, 0.6) is 5.75 Å². The molecule has 3 rings (SSSR count). The van der Waals surface area contributed by atoms with E-state index in [-0.39, 0.29) is 6.61 Å². The minimum absolute atomic E-state index is 0.254. The van der Waals surface area contributed by atoms with Gasteiger partial charge < -0.3 is 9.72 Å². The van der Waals surface area contributed by atoms with Crippen LogP contribution < -0.4 is 4.74 Å². The maximum atomic E-state index is 13.0. The van der Waals surface area contributed by atoms with Crippen molar-refractivity contribution >= 4 is 10.9 Å². The van der Waals surface area contributed by atoms with Crippen LogP contribution in [0.25, 0.3) is 10.9 Å². The van der Waals surface area contributed by atoms with Crippen molar-refractivity contribution in [2.45, 2.75) is 20.5 Å². The molecule has 0 aliphatic heterocycles. The Morgan fingerprint density at radius 2 is 2.05 bits per heavy atom. The fraction of sp³-hybridized carbons (Fsp3) is 0.188. The topological polar surface area (TPSA) is 37.9 Å². The summed E-state index contributed by atoms with van der Waals surface area (Å²) in [6.45, 7) is 4.27. The summed E-state index contributed by atoms with van der Waals surface area (Å²) < 4.78 is 18.8. The highest BCUT2D eigenvalue weighted by Crippen LogP contribution is 2.26. The Hall–Kier alpha value is -2.36. The van der Waals surface area contributed by atoms with E-state index in [1.54, 1.807) is 12.1 Å². The van der Waals surface area contributed by atoms with Crippen LogP contribution in [-0.2, 0) is 6.61 Å². The summed E-state index contributed by atoms with van der Waals surface area (Å²) >= 11 is 0. The highest BCUT2D eigenvalue weighted by molar-refractivity contribution is 5.83. The maximum Gasteiger partial charge on any atom is 0.213 e. The van der Waals surface area contributed by atoms with Gasteiger partial charge in [0, 0.05) is 22.7 Å². The fourth-order valence-electron chi connectivity index (χ4n) is 2.26. The van der Waals surface area contributed by atoms with Crippen LogP contribution in [0.3, 0.4) is 0 Å². The summed E-state index contributed by atoms with van der Waals surface area (Å²) in [6.07, 6.45) is 0. The number of halogens is 1. The van der Waals surface area contributed by atoms with Gasteiger partial charge in [0.05, 0.1) is 5.69 Å². The van der Waals surface area contributed by atoms with Crippen LogP contribution in [0.1, 0.15) is 17.0 Å². The number of aromatic nitrogens is 2. The molecular weight excluding hydrogens is 255 g/mol. The number of aryl methyl sites for hydroxylation is 2. The third kappa shape index (κ3) is 2.50. The van der Waals surface area contributed by atoms with Gasteiger partial charge in [0.25, 0.3) is 0 Å². The molecule has 0 aliphatic carbocycles. The molecule has 0 unspecified atom stereocenters. The number of benzene rings is 1. The first-order valence-electron chi connectivity index (χ1n) is 6.46. The van der Waals surface area contributed by atoms with Crippen LogP contribution in [0.15, 0.2) is 36.4 Å². The molecule has 4 heteroatoms. The Kier molecular flexibility index (Phi) is 3.14. The molecule has 2 heterocycles. The molecule has 0 radical (unpaired) electrons. The summed E-state index contributed by atoms with van der Waals surface area (Å²) in [5, 5.41) is 1.16. The minimum Gasteiger partial charge on any atom is -0.487 e. The zero-order valence-electron chi connectivity index (χ0n) is 11.4. The molecule has 0 spiro atoms. The van der Waals surface area contributed by atoms with Crippen LogP contribution in [0.4, 0.5) is 4.39 Å². The molecule has 1 N–H and O–H groups in total. The molecule has 3 aromatic rings. The average molecular weight is 270 g/mol. The molecule has 102 valence electrons. The molecule has 0 fully saturated rings. The van der Waals surface area contributed by atoms with Gasteiger partial charge in [-0.1, -0.05) is 6.07 Å². The van der Waals surface area contributed by atoms with E-state index in [4.69, 9.17) is 4.74 Å². The number of pyridine rings is 1. The van der Waals surface area contributed by atoms with Crippen LogP contribution >= 0.6 is 0 Å². The van der Waals surface area contributed by atoms with Crippen molar-refractivity contribution in [3.05, 3.63) is 59.3 Å². The SMILES string of the molecule is Cc1cc2cc(C)c(OCc3cccc(F)n3)cc2[nH]1. The van der Waals surface area contributed by atoms with E-state index in [2.05, 4.69) is 22.1 Å². The first-order valence-corrected chi connectivity index (χ1v) is 6.46. The number of ether oxygens (including phenoxy) is 1. The lowest BCUT2D eigenvalue weighted by molar-refractivity contribution is 0.297. The molecule has 0 aliphatic rings. The molecule has 0 saturated heterocycles. The van der Waals surface area contributed by atoms with Crippen molar-refractivity contribution in [2.24, 2.45) is 0 Å². The van der Waals surface area contributed by atoms with E-state index < -0.39 is 5.95 Å². The van der Waals surface area contributed by atoms with Gasteiger partial charge in [-0.3, -0.25) is 0 Å². The maximum absolute atomic E-state index is 13.0. The summed E-state index contributed by atoms with van der Waals surface area (Å²) in [5.74, 6) is 0.295. The second-order valence-electron chi connectivity index (χ2n) is 4.90. The van der Waals surface area contributed by atoms with Crippen LogP contribution in [-0.4, -0.2) is 9.97 Å². The number of nitrogens with one attached hydrogen (secondary N) is 1. The second-order valence-corrected chi connectivity index (χ2v) is 4.90. The largest absolute Gasteiger partial charge is 0.487 e. The van der Waals surface area contributed by atoms with Gasteiger partial charge >= 0.3 is 0 Å². The molecule has 20 heavy (non-hydrogen) atoms. The summed E-state index contributed by atoms with van der Waals surface area (Å²) in [6, 6.07) is 10.8. The number of nitrogens with zero attached hydrogens (tertiary/aromatic N) is 1. The van der Waals surface area contributed by atoms with Gasteiger partial charge in [0.15, 0.2) is 0 Å². The summed E-state index contributed by atoms with van der Waals surface area (Å²) in [5.41, 5.74) is 3.78. The summed E-state index contributed by atoms with van der Waals surface area (Å²) in [7, 11) is 0. The first-order chi connectivity index (χ1) is 9.61. The zero-order valence-corrected chi connectivity index (χ0v) is 11.4. The first kappa shape index (κ1) is 12.7. The Morgan fingerprint density at radius 1 is 1.20 bits per heavy atom. The molecular formula is C16H15FN2O. The molecule has 0 saturated carbocycles. The quantitative estimate of drug-likeness (QED) is 0.733. The van der Waals surface area contributed by atoms with Gasteiger partial charge in [0.2, 0.25) is 5.95 Å². The molecule has 2 aromatic heterocycles. The van der Waals surface area contributed by atoms with E-state index in [0.29, 0.717) is 5.69 Å². The van der Waals surface area contributed by atoms with E-state index in [1.807, 2.05) is 19.9 Å². The molecule has 0 atom stereocenters. The van der Waals surface area contributed by atoms with Crippen molar-refractivity contribution in [2.75, 3.05) is 0 Å². The van der Waals surface area contributed by atoms with Crippen LogP contribution in [0, 0.1) is 19.8 Å². The van der Waals surface area contributed by atoms with Crippen molar-refractivity contribution in [3.8, 4) is 5.75 Å². The van der Waals surface area contributed by atoms with Crippen molar-refractivity contribution < 1.29 is 9.13 Å². The number of aromatic amines is 1. The number of rotatable bonds is 3.